The quantitative estimate of drug-likeness (QED) is 0.646. The van der Waals surface area contributed by atoms with Gasteiger partial charge in [-0.25, -0.2) is 9.18 Å². The molecule has 8 heteroatoms. The Morgan fingerprint density at radius 2 is 1.92 bits per heavy atom. The lowest BCUT2D eigenvalue weighted by molar-refractivity contribution is -0.137. The van der Waals surface area contributed by atoms with Gasteiger partial charge in [-0.15, -0.1) is 0 Å². The molecule has 1 heterocycles. The lowest BCUT2D eigenvalue weighted by atomic mass is 9.89. The third-order valence-corrected chi connectivity index (χ3v) is 4.06. The van der Waals surface area contributed by atoms with Crippen LogP contribution in [0, 0.1) is 5.82 Å². The van der Waals surface area contributed by atoms with Crippen LogP contribution < -0.4 is 5.32 Å². The molecule has 1 aliphatic rings. The van der Waals surface area contributed by atoms with Gasteiger partial charge in [-0.05, 0) is 48.9 Å². The van der Waals surface area contributed by atoms with E-state index in [-0.39, 0.29) is 17.7 Å². The predicted molar refractivity (Wildman–Crippen MR) is 84.0 cm³/mol. The Morgan fingerprint density at radius 3 is 2.62 bits per heavy atom. The highest BCUT2D eigenvalue weighted by molar-refractivity contribution is 6.02. The molecule has 0 radical (unpaired) electrons. The Bertz CT molecular complexity index is 894. The molecule has 1 unspecified atom stereocenters. The number of nitrogens with one attached hydrogen (secondary N) is 1. The van der Waals surface area contributed by atoms with Crippen LogP contribution in [0.15, 0.2) is 42.5 Å². The van der Waals surface area contributed by atoms with Crippen LogP contribution in [0.4, 0.5) is 23.2 Å². The third-order valence-electron chi connectivity index (χ3n) is 4.06. The number of cyclic esters (lactones) is 1. The molecule has 0 saturated carbocycles. The maximum atomic E-state index is 13.4. The van der Waals surface area contributed by atoms with Gasteiger partial charge in [-0.3, -0.25) is 4.79 Å². The van der Waals surface area contributed by atoms with Crippen molar-refractivity contribution >= 4 is 17.6 Å². The zero-order valence-electron chi connectivity index (χ0n) is 13.5. The summed E-state index contributed by atoms with van der Waals surface area (Å²) in [5.74, 6) is -2.17. The van der Waals surface area contributed by atoms with Crippen LogP contribution in [0.3, 0.4) is 0 Å². The number of carbonyl (C=O) groups excluding carboxylic acids is 2. The summed E-state index contributed by atoms with van der Waals surface area (Å²) in [5, 5.41) is 2.32. The number of halogens is 4. The van der Waals surface area contributed by atoms with E-state index in [1.807, 2.05) is 0 Å². The number of benzene rings is 2. The van der Waals surface area contributed by atoms with Crippen LogP contribution in [0.25, 0.3) is 0 Å². The number of amides is 1. The number of esters is 1. The Balaban J connectivity index is 1.85. The number of hydrogen-bond acceptors (Lipinski definition) is 3. The number of anilines is 1. The Labute approximate surface area is 145 Å². The summed E-state index contributed by atoms with van der Waals surface area (Å²) in [6.45, 7) is 1.32. The van der Waals surface area contributed by atoms with Crippen molar-refractivity contribution in [1.82, 2.24) is 0 Å². The molecule has 1 atom stereocenters. The molecule has 1 aliphatic heterocycles. The van der Waals surface area contributed by atoms with E-state index in [0.29, 0.717) is 5.56 Å². The lowest BCUT2D eigenvalue weighted by Crippen LogP contribution is -2.49. The van der Waals surface area contributed by atoms with Crippen LogP contribution in [-0.2, 0) is 22.1 Å². The molecule has 0 fully saturated rings. The van der Waals surface area contributed by atoms with E-state index in [1.165, 1.54) is 19.1 Å². The van der Waals surface area contributed by atoms with Crippen molar-refractivity contribution in [2.45, 2.75) is 25.1 Å². The fourth-order valence-electron chi connectivity index (χ4n) is 2.73. The summed E-state index contributed by atoms with van der Waals surface area (Å²) in [6, 6.07) is 7.58. The van der Waals surface area contributed by atoms with Gasteiger partial charge >= 0.3 is 12.1 Å². The van der Waals surface area contributed by atoms with Gasteiger partial charge in [0.05, 0.1) is 11.1 Å². The average Bonchev–Trinajstić information content (AvgIpc) is 2.53. The first-order valence-corrected chi connectivity index (χ1v) is 7.59. The van der Waals surface area contributed by atoms with Crippen molar-refractivity contribution in [3.05, 3.63) is 65.0 Å². The second kappa shape index (κ2) is 6.12. The van der Waals surface area contributed by atoms with Crippen LogP contribution in [0.2, 0.25) is 0 Å². The number of fused-ring (bicyclic) bond motifs is 1. The van der Waals surface area contributed by atoms with E-state index in [4.69, 9.17) is 4.74 Å². The van der Waals surface area contributed by atoms with Crippen LogP contribution >= 0.6 is 0 Å². The molecule has 0 aliphatic carbocycles. The van der Waals surface area contributed by atoms with Crippen molar-refractivity contribution < 1.29 is 31.9 Å². The summed E-state index contributed by atoms with van der Waals surface area (Å²) in [7, 11) is 0. The van der Waals surface area contributed by atoms with E-state index in [0.717, 1.165) is 30.3 Å². The molecule has 2 aromatic carbocycles. The van der Waals surface area contributed by atoms with Gasteiger partial charge in [0.25, 0.3) is 5.91 Å². The monoisotopic (exact) mass is 367 g/mol. The second-order valence-corrected chi connectivity index (χ2v) is 6.13. The van der Waals surface area contributed by atoms with Crippen molar-refractivity contribution in [2.75, 3.05) is 5.32 Å². The minimum absolute atomic E-state index is 0.0906. The number of alkyl halides is 3. The summed E-state index contributed by atoms with van der Waals surface area (Å²) in [4.78, 5) is 24.6. The third kappa shape index (κ3) is 3.40. The largest absolute Gasteiger partial charge is 0.445 e. The van der Waals surface area contributed by atoms with Gasteiger partial charge in [-0.2, -0.15) is 13.2 Å². The van der Waals surface area contributed by atoms with Gasteiger partial charge in [0, 0.05) is 12.1 Å². The topological polar surface area (TPSA) is 55.4 Å². The molecule has 0 spiro atoms. The standard InChI is InChI=1S/C18H13F4NO3/c1-17(9-10-7-12(19)5-6-14(10)15(24)26-17)16(25)23-13-4-2-3-11(8-13)18(20,21)22/h2-8H,9H2,1H3,(H,23,25). The summed E-state index contributed by atoms with van der Waals surface area (Å²) in [6.07, 6.45) is -4.66. The number of hydrogen-bond donors (Lipinski definition) is 1. The molecule has 26 heavy (non-hydrogen) atoms. The molecular weight excluding hydrogens is 354 g/mol. The first-order chi connectivity index (χ1) is 12.1. The molecule has 136 valence electrons. The van der Waals surface area contributed by atoms with Crippen molar-refractivity contribution in [3.8, 4) is 0 Å². The molecule has 0 aromatic heterocycles. The predicted octanol–water partition coefficient (Wildman–Crippen LogP) is 3.95. The van der Waals surface area contributed by atoms with Gasteiger partial charge in [0.1, 0.15) is 5.82 Å². The van der Waals surface area contributed by atoms with Gasteiger partial charge in [-0.1, -0.05) is 6.07 Å². The Morgan fingerprint density at radius 1 is 1.19 bits per heavy atom. The van der Waals surface area contributed by atoms with Crippen molar-refractivity contribution in [1.29, 1.82) is 0 Å². The SMILES string of the molecule is CC1(C(=O)Nc2cccc(C(F)(F)F)c2)Cc2cc(F)ccc2C(=O)O1. The molecule has 0 saturated heterocycles. The number of carbonyl (C=O) groups is 2. The Kier molecular flexibility index (Phi) is 4.21. The highest BCUT2D eigenvalue weighted by Gasteiger charge is 2.43. The van der Waals surface area contributed by atoms with E-state index >= 15 is 0 Å². The van der Waals surface area contributed by atoms with E-state index < -0.39 is 35.0 Å². The molecule has 1 N–H and O–H groups in total. The van der Waals surface area contributed by atoms with Gasteiger partial charge in [0.2, 0.25) is 0 Å². The first kappa shape index (κ1) is 17.9. The fraction of sp³-hybridized carbons (Fsp3) is 0.222. The average molecular weight is 367 g/mol. The van der Waals surface area contributed by atoms with E-state index in [2.05, 4.69) is 5.32 Å². The maximum absolute atomic E-state index is 13.4. The van der Waals surface area contributed by atoms with Crippen LogP contribution in [0.5, 0.6) is 0 Å². The number of rotatable bonds is 2. The van der Waals surface area contributed by atoms with Gasteiger partial charge in [0.15, 0.2) is 5.60 Å². The summed E-state index contributed by atoms with van der Waals surface area (Å²) in [5.41, 5.74) is -2.24. The van der Waals surface area contributed by atoms with Crippen LogP contribution in [0.1, 0.15) is 28.4 Å². The molecule has 2 aromatic rings. The molecule has 4 nitrogen and oxygen atoms in total. The fourth-order valence-corrected chi connectivity index (χ4v) is 2.73. The number of ether oxygens (including phenoxy) is 1. The van der Waals surface area contributed by atoms with Crippen molar-refractivity contribution in [2.24, 2.45) is 0 Å². The normalized spacial score (nSPS) is 19.5. The Hall–Kier alpha value is -2.90. The summed E-state index contributed by atoms with van der Waals surface area (Å²) < 4.78 is 56.9. The summed E-state index contributed by atoms with van der Waals surface area (Å²) >= 11 is 0. The zero-order valence-corrected chi connectivity index (χ0v) is 13.5. The highest BCUT2D eigenvalue weighted by atomic mass is 19.4. The van der Waals surface area contributed by atoms with Crippen molar-refractivity contribution in [3.63, 3.8) is 0 Å². The van der Waals surface area contributed by atoms with E-state index in [9.17, 15) is 27.2 Å². The molecular formula is C18H13F4NO3. The van der Waals surface area contributed by atoms with E-state index in [1.54, 1.807) is 0 Å². The molecule has 1 amide bonds. The second-order valence-electron chi connectivity index (χ2n) is 6.13. The lowest BCUT2D eigenvalue weighted by Gasteiger charge is -2.33. The molecule has 0 bridgehead atoms. The smallest absolute Gasteiger partial charge is 0.416 e. The zero-order chi connectivity index (χ0) is 19.1. The van der Waals surface area contributed by atoms with Gasteiger partial charge < -0.3 is 10.1 Å². The highest BCUT2D eigenvalue weighted by Crippen LogP contribution is 2.32. The molecule has 3 rings (SSSR count). The van der Waals surface area contributed by atoms with Crippen LogP contribution in [-0.4, -0.2) is 17.5 Å². The minimum atomic E-state index is -4.56. The minimum Gasteiger partial charge on any atom is -0.445 e. The maximum Gasteiger partial charge on any atom is 0.416 e. The first-order valence-electron chi connectivity index (χ1n) is 7.59.